The first kappa shape index (κ1) is 21.6. The van der Waals surface area contributed by atoms with Crippen LogP contribution in [0.1, 0.15) is 35.3 Å². The first-order valence-electron chi connectivity index (χ1n) is 11.3. The molecule has 34 heavy (non-hydrogen) atoms. The van der Waals surface area contributed by atoms with Gasteiger partial charge in [-0.1, -0.05) is 91.0 Å². The van der Waals surface area contributed by atoms with E-state index in [0.717, 1.165) is 16.7 Å². The second-order valence-corrected chi connectivity index (χ2v) is 8.46. The van der Waals surface area contributed by atoms with Gasteiger partial charge in [0.2, 0.25) is 5.91 Å². The van der Waals surface area contributed by atoms with E-state index in [9.17, 15) is 14.7 Å². The van der Waals surface area contributed by atoms with Crippen LogP contribution < -0.4 is 0 Å². The molecule has 0 aliphatic carbocycles. The Balaban J connectivity index is 1.45. The van der Waals surface area contributed by atoms with Crippen LogP contribution >= 0.6 is 0 Å². The third kappa shape index (κ3) is 4.22. The first-order chi connectivity index (χ1) is 16.6. The highest BCUT2D eigenvalue weighted by atomic mass is 16.4. The molecule has 1 N–H and O–H groups in total. The van der Waals surface area contributed by atoms with Crippen molar-refractivity contribution in [1.82, 2.24) is 9.88 Å². The average Bonchev–Trinajstić information content (AvgIpc) is 3.54. The van der Waals surface area contributed by atoms with Gasteiger partial charge in [0.25, 0.3) is 0 Å². The molecule has 1 saturated heterocycles. The van der Waals surface area contributed by atoms with Gasteiger partial charge in [-0.3, -0.25) is 4.79 Å². The van der Waals surface area contributed by atoms with Gasteiger partial charge in [0, 0.05) is 12.1 Å². The summed E-state index contributed by atoms with van der Waals surface area (Å²) in [7, 11) is 0. The lowest BCUT2D eigenvalue weighted by Crippen LogP contribution is -2.43. The Morgan fingerprint density at radius 2 is 1.44 bits per heavy atom. The molecular formula is C28H24N2O4. The minimum atomic E-state index is -1.02. The Morgan fingerprint density at radius 1 is 0.882 bits per heavy atom. The topological polar surface area (TPSA) is 83.6 Å². The van der Waals surface area contributed by atoms with E-state index < -0.39 is 17.9 Å². The van der Waals surface area contributed by atoms with Gasteiger partial charge < -0.3 is 14.4 Å². The van der Waals surface area contributed by atoms with Crippen LogP contribution in [0.3, 0.4) is 0 Å². The monoisotopic (exact) mass is 452 g/mol. The number of aromatic nitrogens is 1. The number of benzene rings is 3. The molecule has 3 aromatic carbocycles. The maximum Gasteiger partial charge on any atom is 0.326 e. The van der Waals surface area contributed by atoms with Gasteiger partial charge >= 0.3 is 5.97 Å². The summed E-state index contributed by atoms with van der Waals surface area (Å²) >= 11 is 0. The maximum absolute atomic E-state index is 13.9. The fraction of sp³-hybridized carbons (Fsp3) is 0.179. The SMILES string of the molecule is O=C(O)[C@@H]1C[C@H](c2ncc(-c3ccccc3)o2)CN1C(=O)C(c1ccccc1)c1ccccc1. The van der Waals surface area contributed by atoms with Crippen LogP contribution in [0.2, 0.25) is 0 Å². The fourth-order valence-corrected chi connectivity index (χ4v) is 4.64. The number of carboxylic acid groups (broad SMARTS) is 1. The lowest BCUT2D eigenvalue weighted by molar-refractivity contribution is -0.148. The smallest absolute Gasteiger partial charge is 0.326 e. The molecule has 1 aliphatic rings. The molecule has 6 nitrogen and oxygen atoms in total. The van der Waals surface area contributed by atoms with Crippen molar-refractivity contribution in [2.75, 3.05) is 6.54 Å². The zero-order valence-corrected chi connectivity index (χ0v) is 18.5. The summed E-state index contributed by atoms with van der Waals surface area (Å²) in [6.45, 7) is 0.237. The minimum absolute atomic E-state index is 0.234. The number of oxazole rings is 1. The molecule has 1 amide bonds. The van der Waals surface area contributed by atoms with Crippen LogP contribution in [0, 0.1) is 0 Å². The minimum Gasteiger partial charge on any atom is -0.480 e. The highest BCUT2D eigenvalue weighted by Crippen LogP contribution is 2.37. The molecule has 0 saturated carbocycles. The van der Waals surface area contributed by atoms with Crippen molar-refractivity contribution in [3.63, 3.8) is 0 Å². The van der Waals surface area contributed by atoms with Gasteiger partial charge in [-0.2, -0.15) is 0 Å². The number of nitrogens with zero attached hydrogens (tertiary/aromatic N) is 2. The highest BCUT2D eigenvalue weighted by Gasteiger charge is 2.44. The normalized spacial score (nSPS) is 17.7. The quantitative estimate of drug-likeness (QED) is 0.448. The molecule has 5 rings (SSSR count). The molecule has 0 spiro atoms. The predicted octanol–water partition coefficient (Wildman–Crippen LogP) is 4.94. The molecule has 1 fully saturated rings. The van der Waals surface area contributed by atoms with Crippen molar-refractivity contribution in [2.24, 2.45) is 0 Å². The Bertz CT molecular complexity index is 1230. The Kier molecular flexibility index (Phi) is 5.95. The van der Waals surface area contributed by atoms with E-state index in [0.29, 0.717) is 11.7 Å². The number of likely N-dealkylation sites (tertiary alicyclic amines) is 1. The standard InChI is InChI=1S/C28H24N2O4/c31-27(25(20-12-6-2-7-13-20)21-14-8-3-9-15-21)30-18-22(16-23(30)28(32)33)26-29-17-24(34-26)19-10-4-1-5-11-19/h1-15,17,22-23,25H,16,18H2,(H,32,33)/t22-,23-/m0/s1. The van der Waals surface area contributed by atoms with Crippen molar-refractivity contribution >= 4 is 11.9 Å². The molecule has 0 radical (unpaired) electrons. The molecule has 1 aromatic heterocycles. The number of carbonyl (C=O) groups excluding carboxylic acids is 1. The fourth-order valence-electron chi connectivity index (χ4n) is 4.64. The molecule has 0 unspecified atom stereocenters. The summed E-state index contributed by atoms with van der Waals surface area (Å²) in [6.07, 6.45) is 1.91. The summed E-state index contributed by atoms with van der Waals surface area (Å²) < 4.78 is 6.00. The number of aliphatic carboxylic acids is 1. The second kappa shape index (κ2) is 9.35. The van der Waals surface area contributed by atoms with E-state index in [2.05, 4.69) is 4.98 Å². The van der Waals surface area contributed by atoms with Crippen molar-refractivity contribution in [1.29, 1.82) is 0 Å². The van der Waals surface area contributed by atoms with Crippen molar-refractivity contribution < 1.29 is 19.1 Å². The van der Waals surface area contributed by atoms with E-state index in [1.165, 1.54) is 4.90 Å². The van der Waals surface area contributed by atoms with Gasteiger partial charge in [0.15, 0.2) is 11.7 Å². The van der Waals surface area contributed by atoms with Crippen LogP contribution in [0.4, 0.5) is 0 Å². The number of hydrogen-bond donors (Lipinski definition) is 1. The van der Waals surface area contributed by atoms with Crippen LogP contribution in [0.15, 0.2) is 102 Å². The number of carbonyl (C=O) groups is 2. The third-order valence-corrected chi connectivity index (χ3v) is 6.31. The summed E-state index contributed by atoms with van der Waals surface area (Å²) in [5, 5.41) is 9.96. The van der Waals surface area contributed by atoms with Crippen molar-refractivity contribution in [2.45, 2.75) is 24.3 Å². The Morgan fingerprint density at radius 3 is 2.00 bits per heavy atom. The van der Waals surface area contributed by atoms with Crippen LogP contribution in [-0.2, 0) is 9.59 Å². The molecule has 0 bridgehead atoms. The molecular weight excluding hydrogens is 428 g/mol. The third-order valence-electron chi connectivity index (χ3n) is 6.31. The van der Waals surface area contributed by atoms with Gasteiger partial charge in [0.05, 0.1) is 18.0 Å². The number of amides is 1. The van der Waals surface area contributed by atoms with Crippen LogP contribution in [-0.4, -0.2) is 39.5 Å². The van der Waals surface area contributed by atoms with E-state index in [-0.39, 0.29) is 24.8 Å². The Hall–Kier alpha value is -4.19. The number of carboxylic acids is 1. The number of rotatable bonds is 6. The molecule has 6 heteroatoms. The van der Waals surface area contributed by atoms with Gasteiger partial charge in [-0.05, 0) is 17.5 Å². The largest absolute Gasteiger partial charge is 0.480 e. The molecule has 170 valence electrons. The maximum atomic E-state index is 13.9. The lowest BCUT2D eigenvalue weighted by atomic mass is 9.90. The summed E-state index contributed by atoms with van der Waals surface area (Å²) in [4.78, 5) is 31.9. The molecule has 4 aromatic rings. The van der Waals surface area contributed by atoms with Crippen LogP contribution in [0.25, 0.3) is 11.3 Å². The van der Waals surface area contributed by atoms with Gasteiger partial charge in [-0.25, -0.2) is 9.78 Å². The average molecular weight is 453 g/mol. The van der Waals surface area contributed by atoms with E-state index in [1.54, 1.807) is 6.20 Å². The lowest BCUT2D eigenvalue weighted by Gasteiger charge is -2.27. The van der Waals surface area contributed by atoms with Gasteiger partial charge in [0.1, 0.15) is 6.04 Å². The van der Waals surface area contributed by atoms with Crippen LogP contribution in [0.5, 0.6) is 0 Å². The zero-order chi connectivity index (χ0) is 23.5. The summed E-state index contributed by atoms with van der Waals surface area (Å²) in [5.74, 6) is -1.06. The van der Waals surface area contributed by atoms with E-state index in [1.807, 2.05) is 91.0 Å². The predicted molar refractivity (Wildman–Crippen MR) is 127 cm³/mol. The van der Waals surface area contributed by atoms with E-state index in [4.69, 9.17) is 4.42 Å². The second-order valence-electron chi connectivity index (χ2n) is 8.46. The zero-order valence-electron chi connectivity index (χ0n) is 18.5. The van der Waals surface area contributed by atoms with Crippen molar-refractivity contribution in [3.8, 4) is 11.3 Å². The Labute approximate surface area is 197 Å². The molecule has 2 heterocycles. The first-order valence-corrected chi connectivity index (χ1v) is 11.3. The molecule has 1 aliphatic heterocycles. The summed E-state index contributed by atoms with van der Waals surface area (Å²) in [5.41, 5.74) is 2.55. The van der Waals surface area contributed by atoms with E-state index >= 15 is 0 Å². The molecule has 2 atom stereocenters. The number of hydrogen-bond acceptors (Lipinski definition) is 4. The van der Waals surface area contributed by atoms with Crippen molar-refractivity contribution in [3.05, 3.63) is 114 Å². The van der Waals surface area contributed by atoms with Gasteiger partial charge in [-0.15, -0.1) is 0 Å². The summed E-state index contributed by atoms with van der Waals surface area (Å²) in [6, 6.07) is 27.6. The highest BCUT2D eigenvalue weighted by molar-refractivity contribution is 5.91.